The van der Waals surface area contributed by atoms with Gasteiger partial charge in [-0.15, -0.1) is 10.2 Å². The van der Waals surface area contributed by atoms with Gasteiger partial charge < -0.3 is 4.57 Å². The van der Waals surface area contributed by atoms with E-state index in [1.54, 1.807) is 0 Å². The summed E-state index contributed by atoms with van der Waals surface area (Å²) in [7, 11) is 0. The summed E-state index contributed by atoms with van der Waals surface area (Å²) >= 11 is 1.17. The second-order valence-electron chi connectivity index (χ2n) is 6.08. The number of alkyl halides is 3. The van der Waals surface area contributed by atoms with Gasteiger partial charge >= 0.3 is 6.18 Å². The normalized spacial score (nSPS) is 11.7. The molecule has 0 atom stereocenters. The molecule has 0 aliphatic carbocycles. The number of amides is 1. The van der Waals surface area contributed by atoms with E-state index in [2.05, 4.69) is 20.7 Å². The molecule has 0 radical (unpaired) electrons. The fourth-order valence-corrected chi connectivity index (χ4v) is 3.48. The third-order valence-corrected chi connectivity index (χ3v) is 5.02. The molecule has 156 valence electrons. The first-order valence-electron chi connectivity index (χ1n) is 8.99. The first-order chi connectivity index (χ1) is 14.4. The van der Waals surface area contributed by atoms with E-state index in [1.807, 2.05) is 41.8 Å². The molecule has 0 fully saturated rings. The van der Waals surface area contributed by atoms with Crippen molar-refractivity contribution in [1.29, 1.82) is 0 Å². The lowest BCUT2D eigenvalue weighted by Gasteiger charge is -2.09. The average molecular weight is 433 g/mol. The maximum atomic E-state index is 13.0. The number of aromatic nitrogens is 3. The highest BCUT2D eigenvalue weighted by atomic mass is 32.2. The van der Waals surface area contributed by atoms with Gasteiger partial charge in [-0.3, -0.25) is 4.79 Å². The SMILES string of the molecule is CCn1c(SCC(=O)N/N=C/c2ccccc2C(F)(F)F)nnc1-c1ccccc1. The average Bonchev–Trinajstić information content (AvgIpc) is 3.15. The van der Waals surface area contributed by atoms with Crippen LogP contribution in [0.4, 0.5) is 13.2 Å². The van der Waals surface area contributed by atoms with Gasteiger partial charge in [0.05, 0.1) is 17.5 Å². The Morgan fingerprint density at radius 3 is 2.53 bits per heavy atom. The zero-order valence-corrected chi connectivity index (χ0v) is 16.7. The van der Waals surface area contributed by atoms with Gasteiger partial charge in [0.25, 0.3) is 5.91 Å². The Hall–Kier alpha value is -3.14. The number of carbonyl (C=O) groups is 1. The number of rotatable bonds is 7. The van der Waals surface area contributed by atoms with Gasteiger partial charge in [0.15, 0.2) is 11.0 Å². The highest BCUT2D eigenvalue weighted by molar-refractivity contribution is 7.99. The molecule has 10 heteroatoms. The highest BCUT2D eigenvalue weighted by Gasteiger charge is 2.32. The molecular formula is C20H18F3N5OS. The second kappa shape index (κ2) is 9.57. The summed E-state index contributed by atoms with van der Waals surface area (Å²) in [6, 6.07) is 14.6. The van der Waals surface area contributed by atoms with Crippen molar-refractivity contribution in [1.82, 2.24) is 20.2 Å². The standard InChI is InChI=1S/C20H18F3N5OS/c1-2-28-18(14-8-4-3-5-9-14)26-27-19(28)30-13-17(29)25-24-12-15-10-6-7-11-16(15)20(21,22)23/h3-12H,2,13H2,1H3,(H,25,29)/b24-12+. The third-order valence-electron chi connectivity index (χ3n) is 4.06. The molecule has 1 heterocycles. The largest absolute Gasteiger partial charge is 0.417 e. The molecule has 0 bridgehead atoms. The Morgan fingerprint density at radius 1 is 1.13 bits per heavy atom. The van der Waals surface area contributed by atoms with Crippen molar-refractivity contribution in [2.75, 3.05) is 5.75 Å². The third kappa shape index (κ3) is 5.26. The molecule has 3 aromatic rings. The van der Waals surface area contributed by atoms with Crippen molar-refractivity contribution in [3.8, 4) is 11.4 Å². The van der Waals surface area contributed by atoms with E-state index in [9.17, 15) is 18.0 Å². The van der Waals surface area contributed by atoms with E-state index in [-0.39, 0.29) is 11.3 Å². The molecule has 0 aliphatic rings. The van der Waals surface area contributed by atoms with Crippen LogP contribution in [-0.2, 0) is 17.5 Å². The van der Waals surface area contributed by atoms with Crippen LogP contribution in [0.15, 0.2) is 64.9 Å². The van der Waals surface area contributed by atoms with Crippen LogP contribution in [0.5, 0.6) is 0 Å². The minimum atomic E-state index is -4.50. The van der Waals surface area contributed by atoms with Crippen molar-refractivity contribution < 1.29 is 18.0 Å². The van der Waals surface area contributed by atoms with Crippen molar-refractivity contribution in [2.24, 2.45) is 5.10 Å². The molecule has 1 amide bonds. The van der Waals surface area contributed by atoms with Crippen LogP contribution in [0.2, 0.25) is 0 Å². The Labute approximate surface area is 175 Å². The van der Waals surface area contributed by atoms with Gasteiger partial charge in [0, 0.05) is 17.7 Å². The number of hydrogen-bond acceptors (Lipinski definition) is 5. The lowest BCUT2D eigenvalue weighted by molar-refractivity contribution is -0.137. The van der Waals surface area contributed by atoms with E-state index in [4.69, 9.17) is 0 Å². The van der Waals surface area contributed by atoms with Crippen molar-refractivity contribution in [2.45, 2.75) is 24.8 Å². The molecule has 0 saturated carbocycles. The van der Waals surface area contributed by atoms with Crippen LogP contribution < -0.4 is 5.43 Å². The van der Waals surface area contributed by atoms with Gasteiger partial charge in [-0.2, -0.15) is 18.3 Å². The molecule has 1 aromatic heterocycles. The number of nitrogens with zero attached hydrogens (tertiary/aromatic N) is 4. The Balaban J connectivity index is 1.61. The summed E-state index contributed by atoms with van der Waals surface area (Å²) in [5, 5.41) is 12.5. The fourth-order valence-electron chi connectivity index (χ4n) is 2.69. The summed E-state index contributed by atoms with van der Waals surface area (Å²) in [6.07, 6.45) is -3.52. The van der Waals surface area contributed by atoms with Crippen LogP contribution in [0.25, 0.3) is 11.4 Å². The molecule has 6 nitrogen and oxygen atoms in total. The summed E-state index contributed by atoms with van der Waals surface area (Å²) in [5.41, 5.74) is 2.21. The summed E-state index contributed by atoms with van der Waals surface area (Å²) in [5.74, 6) is 0.223. The summed E-state index contributed by atoms with van der Waals surface area (Å²) < 4.78 is 40.8. The predicted molar refractivity (Wildman–Crippen MR) is 109 cm³/mol. The molecular weight excluding hydrogens is 415 g/mol. The molecule has 2 aromatic carbocycles. The minimum Gasteiger partial charge on any atom is -0.302 e. The molecule has 1 N–H and O–H groups in total. The van der Waals surface area contributed by atoms with Crippen LogP contribution in [-0.4, -0.2) is 32.6 Å². The van der Waals surface area contributed by atoms with E-state index >= 15 is 0 Å². The van der Waals surface area contributed by atoms with Gasteiger partial charge in [0.2, 0.25) is 0 Å². The number of thioether (sulfide) groups is 1. The number of carbonyl (C=O) groups excluding carboxylic acids is 1. The molecule has 0 unspecified atom stereocenters. The first-order valence-corrected chi connectivity index (χ1v) is 9.98. The quantitative estimate of drug-likeness (QED) is 0.344. The van der Waals surface area contributed by atoms with Crippen molar-refractivity contribution in [3.05, 3.63) is 65.7 Å². The van der Waals surface area contributed by atoms with Crippen LogP contribution in [0.1, 0.15) is 18.1 Å². The van der Waals surface area contributed by atoms with Gasteiger partial charge in [0.1, 0.15) is 0 Å². The second-order valence-corrected chi connectivity index (χ2v) is 7.03. The Bertz CT molecular complexity index is 1030. The topological polar surface area (TPSA) is 72.2 Å². The zero-order valence-electron chi connectivity index (χ0n) is 15.9. The maximum absolute atomic E-state index is 13.0. The van der Waals surface area contributed by atoms with Crippen LogP contribution >= 0.6 is 11.8 Å². The number of halogens is 3. The number of hydrogen-bond donors (Lipinski definition) is 1. The molecule has 0 aliphatic heterocycles. The van der Waals surface area contributed by atoms with E-state index in [0.717, 1.165) is 17.8 Å². The lowest BCUT2D eigenvalue weighted by atomic mass is 10.1. The lowest BCUT2D eigenvalue weighted by Crippen LogP contribution is -2.20. The van der Waals surface area contributed by atoms with Gasteiger partial charge in [-0.05, 0) is 13.0 Å². The molecule has 0 spiro atoms. The van der Waals surface area contributed by atoms with E-state index in [0.29, 0.717) is 17.5 Å². The first kappa shape index (κ1) is 21.6. The highest BCUT2D eigenvalue weighted by Crippen LogP contribution is 2.31. The number of hydrazone groups is 1. The van der Waals surface area contributed by atoms with Crippen molar-refractivity contribution in [3.63, 3.8) is 0 Å². The van der Waals surface area contributed by atoms with E-state index in [1.165, 1.54) is 30.0 Å². The predicted octanol–water partition coefficient (Wildman–Crippen LogP) is 4.23. The molecule has 0 saturated heterocycles. The van der Waals surface area contributed by atoms with E-state index < -0.39 is 17.6 Å². The molecule has 3 rings (SSSR count). The summed E-state index contributed by atoms with van der Waals surface area (Å²) in [6.45, 7) is 2.57. The fraction of sp³-hybridized carbons (Fsp3) is 0.200. The van der Waals surface area contributed by atoms with Crippen molar-refractivity contribution >= 4 is 23.9 Å². The van der Waals surface area contributed by atoms with Crippen LogP contribution in [0.3, 0.4) is 0 Å². The van der Waals surface area contributed by atoms with Gasteiger partial charge in [-0.1, -0.05) is 60.3 Å². The monoisotopic (exact) mass is 433 g/mol. The summed E-state index contributed by atoms with van der Waals surface area (Å²) in [4.78, 5) is 12.0. The number of benzene rings is 2. The van der Waals surface area contributed by atoms with Gasteiger partial charge in [-0.25, -0.2) is 5.43 Å². The Kier molecular flexibility index (Phi) is 6.88. The smallest absolute Gasteiger partial charge is 0.302 e. The zero-order chi connectivity index (χ0) is 21.6. The minimum absolute atomic E-state index is 0.00875. The molecule has 30 heavy (non-hydrogen) atoms. The Morgan fingerprint density at radius 2 is 1.83 bits per heavy atom. The van der Waals surface area contributed by atoms with Crippen LogP contribution in [0, 0.1) is 0 Å². The number of nitrogens with one attached hydrogen (secondary N) is 1. The maximum Gasteiger partial charge on any atom is 0.417 e.